The number of anilines is 1. The molecule has 0 aliphatic rings. The average molecular weight is 269 g/mol. The van der Waals surface area contributed by atoms with Crippen LogP contribution in [0, 0.1) is 13.8 Å². The molecule has 0 aliphatic carbocycles. The van der Waals surface area contributed by atoms with Crippen molar-refractivity contribution in [3.8, 4) is 0 Å². The smallest absolute Gasteiger partial charge is 0.170 e. The van der Waals surface area contributed by atoms with Crippen LogP contribution < -0.4 is 11.1 Å². The molecular weight excluding hydrogens is 250 g/mol. The van der Waals surface area contributed by atoms with Crippen molar-refractivity contribution in [3.63, 3.8) is 0 Å². The third-order valence-electron chi connectivity index (χ3n) is 3.42. The highest BCUT2D eigenvalue weighted by molar-refractivity contribution is 5.97. The van der Waals surface area contributed by atoms with E-state index in [-0.39, 0.29) is 5.84 Å². The van der Waals surface area contributed by atoms with Gasteiger partial charge in [-0.25, -0.2) is 0 Å². The van der Waals surface area contributed by atoms with Crippen LogP contribution in [0.2, 0.25) is 0 Å². The lowest BCUT2D eigenvalue weighted by Gasteiger charge is -2.12. The zero-order chi connectivity index (χ0) is 14.5. The molecule has 2 aromatic rings. The fourth-order valence-electron chi connectivity index (χ4n) is 2.04. The van der Waals surface area contributed by atoms with Gasteiger partial charge < -0.3 is 16.3 Å². The van der Waals surface area contributed by atoms with Gasteiger partial charge >= 0.3 is 0 Å². The summed E-state index contributed by atoms with van der Waals surface area (Å²) in [6, 6.07) is 13.8. The van der Waals surface area contributed by atoms with E-state index in [9.17, 15) is 0 Å². The highest BCUT2D eigenvalue weighted by Gasteiger charge is 2.03. The van der Waals surface area contributed by atoms with Crippen molar-refractivity contribution >= 4 is 11.5 Å². The molecule has 0 unspecified atom stereocenters. The van der Waals surface area contributed by atoms with E-state index < -0.39 is 0 Å². The maximum atomic E-state index is 8.70. The van der Waals surface area contributed by atoms with Crippen LogP contribution in [0.25, 0.3) is 0 Å². The maximum absolute atomic E-state index is 8.70. The molecule has 0 aliphatic heterocycles. The fraction of sp³-hybridized carbons (Fsp3) is 0.188. The molecule has 104 valence electrons. The molecular formula is C16H19N3O. The lowest BCUT2D eigenvalue weighted by Crippen LogP contribution is -2.13. The predicted molar refractivity (Wildman–Crippen MR) is 82.2 cm³/mol. The van der Waals surface area contributed by atoms with Crippen molar-refractivity contribution in [2.45, 2.75) is 20.4 Å². The summed E-state index contributed by atoms with van der Waals surface area (Å²) in [6.45, 7) is 4.89. The Morgan fingerprint density at radius 2 is 1.95 bits per heavy atom. The molecule has 0 saturated heterocycles. The predicted octanol–water partition coefficient (Wildman–Crippen LogP) is 3.01. The standard InChI is InChI=1S/C16H19N3O/c1-11-5-3-8-15(12(11)2)18-10-13-6-4-7-14(9-13)16(17)19-20/h3-9,18,20H,10H2,1-2H3,(H2,17,19). The van der Waals surface area contributed by atoms with E-state index in [4.69, 9.17) is 10.9 Å². The first-order valence-corrected chi connectivity index (χ1v) is 6.48. The van der Waals surface area contributed by atoms with Gasteiger partial charge in [0.25, 0.3) is 0 Å². The minimum absolute atomic E-state index is 0.124. The Kier molecular flexibility index (Phi) is 4.25. The number of nitrogens with two attached hydrogens (primary N) is 1. The molecule has 0 bridgehead atoms. The highest BCUT2D eigenvalue weighted by atomic mass is 16.4. The van der Waals surface area contributed by atoms with E-state index in [1.165, 1.54) is 11.1 Å². The van der Waals surface area contributed by atoms with Crippen LogP contribution in [0.5, 0.6) is 0 Å². The minimum Gasteiger partial charge on any atom is -0.409 e. The zero-order valence-electron chi connectivity index (χ0n) is 11.7. The molecule has 0 saturated carbocycles. The van der Waals surface area contributed by atoms with Crippen LogP contribution in [0.1, 0.15) is 22.3 Å². The fourth-order valence-corrected chi connectivity index (χ4v) is 2.04. The van der Waals surface area contributed by atoms with Crippen LogP contribution in [0.15, 0.2) is 47.6 Å². The lowest BCUT2D eigenvalue weighted by molar-refractivity contribution is 0.318. The van der Waals surface area contributed by atoms with Crippen LogP contribution >= 0.6 is 0 Å². The van der Waals surface area contributed by atoms with Crippen molar-refractivity contribution in [3.05, 3.63) is 64.7 Å². The molecule has 4 N–H and O–H groups in total. The molecule has 0 spiro atoms. The zero-order valence-corrected chi connectivity index (χ0v) is 11.7. The molecule has 0 atom stereocenters. The first kappa shape index (κ1) is 13.9. The number of rotatable bonds is 4. The van der Waals surface area contributed by atoms with Gasteiger partial charge in [-0.2, -0.15) is 0 Å². The summed E-state index contributed by atoms with van der Waals surface area (Å²) in [7, 11) is 0. The molecule has 2 rings (SSSR count). The molecule has 4 heteroatoms. The second-order valence-electron chi connectivity index (χ2n) is 4.79. The first-order chi connectivity index (χ1) is 9.61. The Bertz CT molecular complexity index is 635. The Morgan fingerprint density at radius 1 is 1.20 bits per heavy atom. The summed E-state index contributed by atoms with van der Waals surface area (Å²) in [5, 5.41) is 15.1. The number of hydrogen-bond donors (Lipinski definition) is 3. The van der Waals surface area contributed by atoms with Gasteiger partial charge in [-0.05, 0) is 42.7 Å². The van der Waals surface area contributed by atoms with E-state index >= 15 is 0 Å². The number of oxime groups is 1. The summed E-state index contributed by atoms with van der Waals surface area (Å²) < 4.78 is 0. The van der Waals surface area contributed by atoms with Gasteiger partial charge in [0.05, 0.1) is 0 Å². The van der Waals surface area contributed by atoms with Crippen molar-refractivity contribution in [2.75, 3.05) is 5.32 Å². The summed E-state index contributed by atoms with van der Waals surface area (Å²) in [6.07, 6.45) is 0. The molecule has 0 amide bonds. The monoisotopic (exact) mass is 269 g/mol. The summed E-state index contributed by atoms with van der Waals surface area (Å²) in [5.41, 5.74) is 11.0. The van der Waals surface area contributed by atoms with Gasteiger partial charge in [0.2, 0.25) is 0 Å². The van der Waals surface area contributed by atoms with Crippen LogP contribution in [0.3, 0.4) is 0 Å². The van der Waals surface area contributed by atoms with Crippen molar-refractivity contribution in [1.29, 1.82) is 0 Å². The Hall–Kier alpha value is -2.49. The molecule has 0 fully saturated rings. The molecule has 0 radical (unpaired) electrons. The van der Waals surface area contributed by atoms with Gasteiger partial charge in [0.15, 0.2) is 5.84 Å². The third kappa shape index (κ3) is 3.09. The van der Waals surface area contributed by atoms with Gasteiger partial charge in [0, 0.05) is 17.8 Å². The van der Waals surface area contributed by atoms with Gasteiger partial charge in [-0.15, -0.1) is 0 Å². The molecule has 0 aromatic heterocycles. The Labute approximate surface area is 118 Å². The highest BCUT2D eigenvalue weighted by Crippen LogP contribution is 2.19. The van der Waals surface area contributed by atoms with E-state index in [1.54, 1.807) is 0 Å². The quantitative estimate of drug-likeness (QED) is 0.346. The van der Waals surface area contributed by atoms with Crippen LogP contribution in [-0.2, 0) is 6.54 Å². The van der Waals surface area contributed by atoms with E-state index in [0.717, 1.165) is 11.3 Å². The van der Waals surface area contributed by atoms with Crippen molar-refractivity contribution in [2.24, 2.45) is 10.9 Å². The second-order valence-corrected chi connectivity index (χ2v) is 4.79. The van der Waals surface area contributed by atoms with E-state index in [0.29, 0.717) is 12.1 Å². The number of nitrogens with one attached hydrogen (secondary N) is 1. The number of amidine groups is 1. The van der Waals surface area contributed by atoms with Gasteiger partial charge in [-0.3, -0.25) is 0 Å². The SMILES string of the molecule is Cc1cccc(NCc2cccc(C(N)=NO)c2)c1C. The number of aryl methyl sites for hydroxylation is 1. The summed E-state index contributed by atoms with van der Waals surface area (Å²) >= 11 is 0. The molecule has 2 aromatic carbocycles. The van der Waals surface area contributed by atoms with E-state index in [2.05, 4.69) is 36.5 Å². The first-order valence-electron chi connectivity index (χ1n) is 6.48. The van der Waals surface area contributed by atoms with Crippen molar-refractivity contribution in [1.82, 2.24) is 0 Å². The topological polar surface area (TPSA) is 70.6 Å². The van der Waals surface area contributed by atoms with Crippen LogP contribution in [0.4, 0.5) is 5.69 Å². The lowest BCUT2D eigenvalue weighted by atomic mass is 10.1. The Balaban J connectivity index is 2.13. The van der Waals surface area contributed by atoms with Gasteiger partial charge in [-0.1, -0.05) is 35.5 Å². The largest absolute Gasteiger partial charge is 0.409 e. The average Bonchev–Trinajstić information content (AvgIpc) is 2.48. The Morgan fingerprint density at radius 3 is 2.70 bits per heavy atom. The summed E-state index contributed by atoms with van der Waals surface area (Å²) in [5.74, 6) is 0.124. The number of hydrogen-bond acceptors (Lipinski definition) is 3. The number of nitrogens with zero attached hydrogens (tertiary/aromatic N) is 1. The maximum Gasteiger partial charge on any atom is 0.170 e. The summed E-state index contributed by atoms with van der Waals surface area (Å²) in [4.78, 5) is 0. The number of benzene rings is 2. The molecule has 4 nitrogen and oxygen atoms in total. The van der Waals surface area contributed by atoms with Gasteiger partial charge in [0.1, 0.15) is 0 Å². The normalized spacial score (nSPS) is 11.4. The second kappa shape index (κ2) is 6.10. The molecule has 20 heavy (non-hydrogen) atoms. The van der Waals surface area contributed by atoms with Crippen molar-refractivity contribution < 1.29 is 5.21 Å². The third-order valence-corrected chi connectivity index (χ3v) is 3.42. The molecule has 0 heterocycles. The van der Waals surface area contributed by atoms with Crippen LogP contribution in [-0.4, -0.2) is 11.0 Å². The van der Waals surface area contributed by atoms with E-state index in [1.807, 2.05) is 30.3 Å². The minimum atomic E-state index is 0.124.